The van der Waals surface area contributed by atoms with Crippen molar-refractivity contribution in [1.29, 1.82) is 0 Å². The number of halogens is 3. The minimum Gasteiger partial charge on any atom is -0.361 e. The van der Waals surface area contributed by atoms with Crippen molar-refractivity contribution < 1.29 is 17.7 Å². The Morgan fingerprint density at radius 3 is 2.62 bits per heavy atom. The number of nitrogens with one attached hydrogen (secondary N) is 2. The van der Waals surface area contributed by atoms with Crippen LogP contribution in [0.15, 0.2) is 33.8 Å². The van der Waals surface area contributed by atoms with E-state index in [-0.39, 0.29) is 6.54 Å². The van der Waals surface area contributed by atoms with Gasteiger partial charge in [-0.2, -0.15) is 13.2 Å². The molecule has 0 aliphatic carbocycles. The van der Waals surface area contributed by atoms with Crippen LogP contribution < -0.4 is 10.6 Å². The van der Waals surface area contributed by atoms with Crippen LogP contribution in [-0.2, 0) is 25.6 Å². The zero-order chi connectivity index (χ0) is 21.3. The van der Waals surface area contributed by atoms with Gasteiger partial charge in [-0.25, -0.2) is 4.99 Å². The lowest BCUT2D eigenvalue weighted by atomic mass is 10.1. The smallest absolute Gasteiger partial charge is 0.361 e. The molecular formula is C21H25F3N4O. The Hall–Kier alpha value is -2.95. The molecule has 0 atom stereocenters. The minimum atomic E-state index is -4.38. The lowest BCUT2D eigenvalue weighted by molar-refractivity contribution is -0.137. The summed E-state index contributed by atoms with van der Waals surface area (Å²) < 4.78 is 43.6. The van der Waals surface area contributed by atoms with Crippen molar-refractivity contribution in [2.75, 3.05) is 13.1 Å². The highest BCUT2D eigenvalue weighted by Crippen LogP contribution is 2.29. The Bertz CT molecular complexity index is 870. The first-order chi connectivity index (χ1) is 13.9. The van der Waals surface area contributed by atoms with Crippen molar-refractivity contribution >= 4 is 5.96 Å². The number of aryl methyl sites for hydroxylation is 2. The van der Waals surface area contributed by atoms with Crippen LogP contribution in [0.5, 0.6) is 0 Å². The summed E-state index contributed by atoms with van der Waals surface area (Å²) in [5.41, 5.74) is 1.49. The minimum absolute atomic E-state index is 0.243. The molecule has 0 amide bonds. The molecule has 0 aliphatic rings. The molecule has 5 nitrogen and oxygen atoms in total. The zero-order valence-electron chi connectivity index (χ0n) is 16.8. The van der Waals surface area contributed by atoms with Gasteiger partial charge in [-0.05, 0) is 31.5 Å². The van der Waals surface area contributed by atoms with Crippen LogP contribution in [0.3, 0.4) is 0 Å². The zero-order valence-corrected chi connectivity index (χ0v) is 16.8. The molecule has 2 aromatic rings. The summed E-state index contributed by atoms with van der Waals surface area (Å²) in [6.07, 6.45) is -2.87. The summed E-state index contributed by atoms with van der Waals surface area (Å²) >= 11 is 0. The van der Waals surface area contributed by atoms with E-state index in [1.807, 2.05) is 20.8 Å². The van der Waals surface area contributed by atoms with Crippen molar-refractivity contribution in [3.8, 4) is 11.8 Å². The van der Waals surface area contributed by atoms with Gasteiger partial charge in [-0.15, -0.1) is 0 Å². The first-order valence-electron chi connectivity index (χ1n) is 9.53. The third-order valence-corrected chi connectivity index (χ3v) is 4.11. The molecule has 156 valence electrons. The molecule has 0 saturated carbocycles. The third-order valence-electron chi connectivity index (χ3n) is 4.11. The number of aromatic nitrogens is 1. The molecule has 2 N–H and O–H groups in total. The molecular weight excluding hydrogens is 381 g/mol. The maximum Gasteiger partial charge on any atom is 0.416 e. The monoisotopic (exact) mass is 406 g/mol. The quantitative estimate of drug-likeness (QED) is 0.434. The fourth-order valence-electron chi connectivity index (χ4n) is 2.66. The maximum absolute atomic E-state index is 12.8. The van der Waals surface area contributed by atoms with Crippen molar-refractivity contribution in [3.05, 3.63) is 52.4 Å². The summed E-state index contributed by atoms with van der Waals surface area (Å²) in [7, 11) is 0. The van der Waals surface area contributed by atoms with Crippen molar-refractivity contribution in [3.63, 3.8) is 0 Å². The van der Waals surface area contributed by atoms with Gasteiger partial charge in [0, 0.05) is 24.1 Å². The first kappa shape index (κ1) is 22.3. The number of hydrogen-bond donors (Lipinski definition) is 2. The second kappa shape index (κ2) is 10.6. The SMILES string of the molecule is CCNC(=NCc1c(CC)noc1CC)NCC#Cc1cccc(C(F)(F)F)c1. The van der Waals surface area contributed by atoms with Gasteiger partial charge in [0.25, 0.3) is 0 Å². The second-order valence-electron chi connectivity index (χ2n) is 6.17. The number of nitrogens with zero attached hydrogens (tertiary/aromatic N) is 2. The highest BCUT2D eigenvalue weighted by molar-refractivity contribution is 5.80. The van der Waals surface area contributed by atoms with Crippen LogP contribution in [0, 0.1) is 11.8 Å². The standard InChI is InChI=1S/C21H25F3N4O/c1-4-18-17(19(5-2)29-28-18)14-27-20(25-6-3)26-12-8-10-15-9-7-11-16(13-15)21(22,23)24/h7,9,11,13H,4-6,12,14H2,1-3H3,(H2,25,26,27). The van der Waals surface area contributed by atoms with Crippen molar-refractivity contribution in [2.45, 2.75) is 46.3 Å². The Labute approximate surface area is 168 Å². The molecule has 0 saturated heterocycles. The molecule has 2 rings (SSSR count). The van der Waals surface area contributed by atoms with Gasteiger partial charge in [-0.1, -0.05) is 36.9 Å². The molecule has 0 radical (unpaired) electrons. The molecule has 8 heteroatoms. The van der Waals surface area contributed by atoms with E-state index < -0.39 is 11.7 Å². The molecule has 1 aromatic carbocycles. The molecule has 29 heavy (non-hydrogen) atoms. The van der Waals surface area contributed by atoms with Crippen LogP contribution in [0.4, 0.5) is 13.2 Å². The van der Waals surface area contributed by atoms with Crippen LogP contribution in [0.1, 0.15) is 48.9 Å². The van der Waals surface area contributed by atoms with Gasteiger partial charge in [0.15, 0.2) is 5.96 Å². The maximum atomic E-state index is 12.8. The van der Waals surface area contributed by atoms with Gasteiger partial charge in [0.1, 0.15) is 5.76 Å². The number of aliphatic imine (C=N–C) groups is 1. The average molecular weight is 406 g/mol. The first-order valence-corrected chi connectivity index (χ1v) is 9.53. The Kier molecular flexibility index (Phi) is 8.13. The number of alkyl halides is 3. The number of rotatable bonds is 6. The summed E-state index contributed by atoms with van der Waals surface area (Å²) in [5, 5.41) is 10.3. The van der Waals surface area contributed by atoms with E-state index in [0.717, 1.165) is 42.0 Å². The van der Waals surface area contributed by atoms with Crippen LogP contribution in [0.2, 0.25) is 0 Å². The van der Waals surface area contributed by atoms with Gasteiger partial charge < -0.3 is 15.2 Å². The summed E-state index contributed by atoms with van der Waals surface area (Å²) in [6, 6.07) is 4.96. The van der Waals surface area contributed by atoms with Crippen LogP contribution in [-0.4, -0.2) is 24.2 Å². The van der Waals surface area contributed by atoms with Crippen molar-refractivity contribution in [2.24, 2.45) is 4.99 Å². The van der Waals surface area contributed by atoms with E-state index in [0.29, 0.717) is 24.6 Å². The third kappa shape index (κ3) is 6.56. The topological polar surface area (TPSA) is 62.5 Å². The molecule has 0 aliphatic heterocycles. The Morgan fingerprint density at radius 1 is 1.17 bits per heavy atom. The summed E-state index contributed by atoms with van der Waals surface area (Å²) in [4.78, 5) is 4.54. The molecule has 1 heterocycles. The van der Waals surface area contributed by atoms with E-state index >= 15 is 0 Å². The molecule has 0 fully saturated rings. The predicted octanol–water partition coefficient (Wildman–Crippen LogP) is 3.93. The molecule has 0 unspecified atom stereocenters. The van der Waals surface area contributed by atoms with Crippen molar-refractivity contribution in [1.82, 2.24) is 15.8 Å². The van der Waals surface area contributed by atoms with Gasteiger partial charge in [0.05, 0.1) is 24.3 Å². The highest BCUT2D eigenvalue weighted by Gasteiger charge is 2.30. The average Bonchev–Trinajstić information content (AvgIpc) is 3.10. The number of guanidine groups is 1. The fraction of sp³-hybridized carbons (Fsp3) is 0.429. The largest absolute Gasteiger partial charge is 0.416 e. The lowest BCUT2D eigenvalue weighted by Gasteiger charge is -2.09. The lowest BCUT2D eigenvalue weighted by Crippen LogP contribution is -2.37. The van der Waals surface area contributed by atoms with E-state index in [1.165, 1.54) is 6.07 Å². The molecule has 0 bridgehead atoms. The van der Waals surface area contributed by atoms with Gasteiger partial charge in [-0.3, -0.25) is 0 Å². The normalized spacial score (nSPS) is 11.7. The highest BCUT2D eigenvalue weighted by atomic mass is 19.4. The Balaban J connectivity index is 2.03. The van der Waals surface area contributed by atoms with Crippen LogP contribution >= 0.6 is 0 Å². The predicted molar refractivity (Wildman–Crippen MR) is 106 cm³/mol. The van der Waals surface area contributed by atoms with E-state index in [4.69, 9.17) is 4.52 Å². The van der Waals surface area contributed by atoms with E-state index in [2.05, 4.69) is 32.6 Å². The summed E-state index contributed by atoms with van der Waals surface area (Å²) in [5.74, 6) is 6.96. The summed E-state index contributed by atoms with van der Waals surface area (Å²) in [6.45, 7) is 7.29. The van der Waals surface area contributed by atoms with Gasteiger partial charge in [0.2, 0.25) is 0 Å². The second-order valence-corrected chi connectivity index (χ2v) is 6.17. The Morgan fingerprint density at radius 2 is 1.97 bits per heavy atom. The van der Waals surface area contributed by atoms with E-state index in [9.17, 15) is 13.2 Å². The van der Waals surface area contributed by atoms with Gasteiger partial charge >= 0.3 is 6.18 Å². The van der Waals surface area contributed by atoms with E-state index in [1.54, 1.807) is 6.07 Å². The molecule has 0 spiro atoms. The fourth-order valence-corrected chi connectivity index (χ4v) is 2.66. The number of hydrogen-bond acceptors (Lipinski definition) is 3. The number of benzene rings is 1. The van der Waals surface area contributed by atoms with Crippen LogP contribution in [0.25, 0.3) is 0 Å². The molecule has 1 aromatic heterocycles.